The third-order valence-corrected chi connectivity index (χ3v) is 5.12. The molecule has 1 aliphatic rings. The van der Waals surface area contributed by atoms with Crippen molar-refractivity contribution in [3.05, 3.63) is 53.2 Å². The smallest absolute Gasteiger partial charge is 0.255 e. The maximum atomic E-state index is 12.8. The van der Waals surface area contributed by atoms with Crippen LogP contribution in [0.2, 0.25) is 0 Å². The Morgan fingerprint density at radius 2 is 1.73 bits per heavy atom. The molecule has 1 saturated heterocycles. The number of anilines is 1. The average Bonchev–Trinajstić information content (AvgIpc) is 3.11. The zero-order valence-corrected chi connectivity index (χ0v) is 17.7. The van der Waals surface area contributed by atoms with E-state index in [1.807, 2.05) is 42.5 Å². The molecule has 1 aliphatic heterocycles. The number of carbonyl (C=O) groups is 1. The van der Waals surface area contributed by atoms with Crippen molar-refractivity contribution in [2.45, 2.75) is 20.8 Å². The predicted molar refractivity (Wildman–Crippen MR) is 112 cm³/mol. The standard InChI is InChI=1S/C21H25N7O2/c1-14-11-15(2)28(25-14)19-12-18(23-16(3)24-19)26-7-9-27(10-8-26)21(29)17-5-6-20(30-4)22-13-17/h5-6,11-13H,7-10H2,1-4H3. The third kappa shape index (κ3) is 3.96. The molecule has 3 aromatic rings. The first-order valence-corrected chi connectivity index (χ1v) is 9.88. The van der Waals surface area contributed by atoms with Crippen LogP contribution in [0.3, 0.4) is 0 Å². The topological polar surface area (TPSA) is 89.3 Å². The molecule has 1 fully saturated rings. The minimum Gasteiger partial charge on any atom is -0.481 e. The molecule has 4 rings (SSSR count). The van der Waals surface area contributed by atoms with Crippen LogP contribution in [0.25, 0.3) is 5.82 Å². The molecule has 0 aliphatic carbocycles. The van der Waals surface area contributed by atoms with E-state index in [1.54, 1.807) is 25.4 Å². The summed E-state index contributed by atoms with van der Waals surface area (Å²) in [5, 5.41) is 4.53. The van der Waals surface area contributed by atoms with Gasteiger partial charge >= 0.3 is 0 Å². The molecule has 9 nitrogen and oxygen atoms in total. The van der Waals surface area contributed by atoms with Gasteiger partial charge in [-0.25, -0.2) is 19.6 Å². The molecule has 0 N–H and O–H groups in total. The second kappa shape index (κ2) is 8.10. The number of ether oxygens (including phenoxy) is 1. The summed E-state index contributed by atoms with van der Waals surface area (Å²) in [5.74, 6) is 2.77. The van der Waals surface area contributed by atoms with Gasteiger partial charge in [-0.15, -0.1) is 0 Å². The fourth-order valence-electron chi connectivity index (χ4n) is 3.62. The number of amides is 1. The van der Waals surface area contributed by atoms with E-state index in [-0.39, 0.29) is 5.91 Å². The Hall–Kier alpha value is -3.49. The zero-order valence-electron chi connectivity index (χ0n) is 17.7. The Balaban J connectivity index is 1.47. The molecule has 0 aromatic carbocycles. The average molecular weight is 407 g/mol. The van der Waals surface area contributed by atoms with Gasteiger partial charge in [0.1, 0.15) is 11.6 Å². The van der Waals surface area contributed by atoms with Crippen molar-refractivity contribution in [3.8, 4) is 11.7 Å². The first-order chi connectivity index (χ1) is 14.4. The zero-order chi connectivity index (χ0) is 21.3. The van der Waals surface area contributed by atoms with E-state index in [2.05, 4.69) is 25.0 Å². The van der Waals surface area contributed by atoms with Crippen molar-refractivity contribution >= 4 is 11.7 Å². The predicted octanol–water partition coefficient (Wildman–Crippen LogP) is 1.95. The number of pyridine rings is 1. The molecule has 0 unspecified atom stereocenters. The number of piperazine rings is 1. The van der Waals surface area contributed by atoms with Crippen LogP contribution in [0.4, 0.5) is 5.82 Å². The minimum atomic E-state index is -0.0213. The maximum Gasteiger partial charge on any atom is 0.255 e. The Morgan fingerprint density at radius 3 is 2.33 bits per heavy atom. The Bertz CT molecular complexity index is 1050. The lowest BCUT2D eigenvalue weighted by Gasteiger charge is -2.35. The molecule has 0 saturated carbocycles. The number of methoxy groups -OCH3 is 1. The van der Waals surface area contributed by atoms with Crippen molar-refractivity contribution in [2.24, 2.45) is 0 Å². The summed E-state index contributed by atoms with van der Waals surface area (Å²) in [4.78, 5) is 30.1. The highest BCUT2D eigenvalue weighted by Crippen LogP contribution is 2.19. The highest BCUT2D eigenvalue weighted by molar-refractivity contribution is 5.94. The number of hydrogen-bond donors (Lipinski definition) is 0. The fraction of sp³-hybridized carbons (Fsp3) is 0.381. The maximum absolute atomic E-state index is 12.8. The van der Waals surface area contributed by atoms with Crippen molar-refractivity contribution < 1.29 is 9.53 Å². The summed E-state index contributed by atoms with van der Waals surface area (Å²) >= 11 is 0. The van der Waals surface area contributed by atoms with Gasteiger partial charge in [-0.2, -0.15) is 5.10 Å². The van der Waals surface area contributed by atoms with Gasteiger partial charge in [-0.1, -0.05) is 0 Å². The minimum absolute atomic E-state index is 0.0213. The Labute approximate surface area is 175 Å². The molecule has 3 aromatic heterocycles. The molecule has 4 heterocycles. The van der Waals surface area contributed by atoms with Crippen LogP contribution in [0.15, 0.2) is 30.5 Å². The molecule has 0 radical (unpaired) electrons. The lowest BCUT2D eigenvalue weighted by atomic mass is 10.2. The Kier molecular flexibility index (Phi) is 5.35. The quantitative estimate of drug-likeness (QED) is 0.653. The van der Waals surface area contributed by atoms with Gasteiger partial charge in [0.2, 0.25) is 5.88 Å². The molecule has 1 amide bonds. The summed E-state index contributed by atoms with van der Waals surface area (Å²) in [6.45, 7) is 8.48. The monoisotopic (exact) mass is 407 g/mol. The van der Waals surface area contributed by atoms with Crippen LogP contribution in [0, 0.1) is 20.8 Å². The van der Waals surface area contributed by atoms with E-state index in [9.17, 15) is 4.79 Å². The van der Waals surface area contributed by atoms with Crippen molar-refractivity contribution in [3.63, 3.8) is 0 Å². The molecule has 9 heteroatoms. The largest absolute Gasteiger partial charge is 0.481 e. The van der Waals surface area contributed by atoms with Crippen LogP contribution in [-0.4, -0.2) is 68.8 Å². The third-order valence-electron chi connectivity index (χ3n) is 5.12. The van der Waals surface area contributed by atoms with E-state index in [0.29, 0.717) is 43.4 Å². The molecule has 0 spiro atoms. The first-order valence-electron chi connectivity index (χ1n) is 9.88. The van der Waals surface area contributed by atoms with Gasteiger partial charge in [-0.3, -0.25) is 4.79 Å². The SMILES string of the molecule is COc1ccc(C(=O)N2CCN(c3cc(-n4nc(C)cc4C)nc(C)n3)CC2)cn1. The van der Waals surface area contributed by atoms with Crippen molar-refractivity contribution in [1.82, 2.24) is 29.6 Å². The summed E-state index contributed by atoms with van der Waals surface area (Å²) in [6.07, 6.45) is 1.56. The van der Waals surface area contributed by atoms with Gasteiger partial charge in [0.15, 0.2) is 5.82 Å². The number of aryl methyl sites for hydroxylation is 3. The Morgan fingerprint density at radius 1 is 1.00 bits per heavy atom. The molecule has 0 atom stereocenters. The van der Waals surface area contributed by atoms with Crippen molar-refractivity contribution in [1.29, 1.82) is 0 Å². The lowest BCUT2D eigenvalue weighted by molar-refractivity contribution is 0.0746. The number of aromatic nitrogens is 5. The molecular weight excluding hydrogens is 382 g/mol. The number of carbonyl (C=O) groups excluding carboxylic acids is 1. The van der Waals surface area contributed by atoms with E-state index >= 15 is 0 Å². The van der Waals surface area contributed by atoms with Crippen molar-refractivity contribution in [2.75, 3.05) is 38.2 Å². The van der Waals surface area contributed by atoms with Gasteiger partial charge in [0.05, 0.1) is 18.4 Å². The van der Waals surface area contributed by atoms with Gasteiger partial charge < -0.3 is 14.5 Å². The lowest BCUT2D eigenvalue weighted by Crippen LogP contribution is -2.49. The second-order valence-electron chi connectivity index (χ2n) is 7.34. The van der Waals surface area contributed by atoms with Crippen LogP contribution in [-0.2, 0) is 0 Å². The highest BCUT2D eigenvalue weighted by Gasteiger charge is 2.24. The normalized spacial score (nSPS) is 14.1. The molecule has 156 valence electrons. The van der Waals surface area contributed by atoms with E-state index in [1.165, 1.54) is 0 Å². The van der Waals surface area contributed by atoms with E-state index in [0.717, 1.165) is 23.0 Å². The first kappa shape index (κ1) is 19.8. The highest BCUT2D eigenvalue weighted by atomic mass is 16.5. The number of nitrogens with zero attached hydrogens (tertiary/aromatic N) is 7. The van der Waals surface area contributed by atoms with Gasteiger partial charge in [0.25, 0.3) is 5.91 Å². The molecular formula is C21H25N7O2. The molecule has 0 bridgehead atoms. The van der Waals surface area contributed by atoms with Crippen LogP contribution in [0.5, 0.6) is 5.88 Å². The van der Waals surface area contributed by atoms with E-state index in [4.69, 9.17) is 4.74 Å². The van der Waals surface area contributed by atoms with Crippen LogP contribution >= 0.6 is 0 Å². The summed E-state index contributed by atoms with van der Waals surface area (Å²) in [6, 6.07) is 7.43. The summed E-state index contributed by atoms with van der Waals surface area (Å²) in [7, 11) is 1.55. The van der Waals surface area contributed by atoms with Crippen LogP contribution < -0.4 is 9.64 Å². The summed E-state index contributed by atoms with van der Waals surface area (Å²) < 4.78 is 6.89. The van der Waals surface area contributed by atoms with Crippen LogP contribution in [0.1, 0.15) is 27.6 Å². The van der Waals surface area contributed by atoms with Gasteiger partial charge in [0, 0.05) is 50.2 Å². The second-order valence-corrected chi connectivity index (χ2v) is 7.34. The number of hydrogen-bond acceptors (Lipinski definition) is 7. The van der Waals surface area contributed by atoms with E-state index < -0.39 is 0 Å². The summed E-state index contributed by atoms with van der Waals surface area (Å²) in [5.41, 5.74) is 2.54. The number of rotatable bonds is 4. The van der Waals surface area contributed by atoms with Gasteiger partial charge in [-0.05, 0) is 32.9 Å². The molecule has 30 heavy (non-hydrogen) atoms. The fourth-order valence-corrected chi connectivity index (χ4v) is 3.62.